The Labute approximate surface area is 125 Å². The van der Waals surface area contributed by atoms with Crippen LogP contribution >= 0.6 is 0 Å². The van der Waals surface area contributed by atoms with Crippen LogP contribution in [0.25, 0.3) is 0 Å². The Balaban J connectivity index is 1.79. The number of ether oxygens (including phenoxy) is 1. The van der Waals surface area contributed by atoms with Gasteiger partial charge in [-0.15, -0.1) is 0 Å². The molecule has 4 nitrogen and oxygen atoms in total. The van der Waals surface area contributed by atoms with Gasteiger partial charge in [-0.25, -0.2) is 13.1 Å². The zero-order valence-corrected chi connectivity index (χ0v) is 12.8. The maximum atomic E-state index is 12.1. The number of hydrogen-bond acceptors (Lipinski definition) is 3. The maximum absolute atomic E-state index is 12.1. The van der Waals surface area contributed by atoms with E-state index in [9.17, 15) is 8.42 Å². The van der Waals surface area contributed by atoms with Crippen molar-refractivity contribution in [1.29, 1.82) is 0 Å². The molecule has 2 aromatic carbocycles. The van der Waals surface area contributed by atoms with E-state index in [1.165, 1.54) is 0 Å². The molecule has 0 radical (unpaired) electrons. The van der Waals surface area contributed by atoms with Crippen LogP contribution in [-0.2, 0) is 21.4 Å². The molecule has 0 aliphatic rings. The van der Waals surface area contributed by atoms with Gasteiger partial charge in [0, 0.05) is 6.54 Å². The van der Waals surface area contributed by atoms with Crippen molar-refractivity contribution in [1.82, 2.24) is 4.72 Å². The summed E-state index contributed by atoms with van der Waals surface area (Å²) in [6, 6.07) is 16.7. The van der Waals surface area contributed by atoms with Crippen LogP contribution in [0, 0.1) is 6.92 Å². The Bertz CT molecular complexity index is 669. The van der Waals surface area contributed by atoms with Crippen molar-refractivity contribution in [2.24, 2.45) is 0 Å². The minimum atomic E-state index is -3.47. The normalized spacial score (nSPS) is 11.5. The van der Waals surface area contributed by atoms with Gasteiger partial charge in [-0.3, -0.25) is 0 Å². The van der Waals surface area contributed by atoms with E-state index in [2.05, 4.69) is 4.72 Å². The highest BCUT2D eigenvalue weighted by atomic mass is 32.2. The van der Waals surface area contributed by atoms with Crippen molar-refractivity contribution in [2.75, 3.05) is 13.2 Å². The van der Waals surface area contributed by atoms with Crippen LogP contribution in [0.2, 0.25) is 0 Å². The van der Waals surface area contributed by atoms with Gasteiger partial charge in [0.05, 0.1) is 18.1 Å². The SMILES string of the molecule is Cc1ccccc1S(=O)(=O)NCCOCc1ccccc1. The fraction of sp³-hybridized carbons (Fsp3) is 0.250. The van der Waals surface area contributed by atoms with Crippen molar-refractivity contribution >= 4 is 10.0 Å². The summed E-state index contributed by atoms with van der Waals surface area (Å²) in [5.74, 6) is 0. The molecule has 0 saturated carbocycles. The van der Waals surface area contributed by atoms with Gasteiger partial charge in [0.25, 0.3) is 0 Å². The highest BCUT2D eigenvalue weighted by molar-refractivity contribution is 7.89. The third kappa shape index (κ3) is 4.67. The maximum Gasteiger partial charge on any atom is 0.240 e. The third-order valence-electron chi connectivity index (χ3n) is 3.03. The average molecular weight is 305 g/mol. The summed E-state index contributed by atoms with van der Waals surface area (Å²) in [5.41, 5.74) is 1.80. The first kappa shape index (κ1) is 15.7. The molecule has 1 N–H and O–H groups in total. The quantitative estimate of drug-likeness (QED) is 0.800. The molecule has 0 aliphatic heterocycles. The third-order valence-corrected chi connectivity index (χ3v) is 4.65. The van der Waals surface area contributed by atoms with Gasteiger partial charge in [-0.1, -0.05) is 48.5 Å². The van der Waals surface area contributed by atoms with E-state index in [-0.39, 0.29) is 6.54 Å². The Morgan fingerprint density at radius 3 is 2.38 bits per heavy atom. The molecule has 0 amide bonds. The number of nitrogens with one attached hydrogen (secondary N) is 1. The molecule has 0 atom stereocenters. The lowest BCUT2D eigenvalue weighted by molar-refractivity contribution is 0.126. The first-order valence-electron chi connectivity index (χ1n) is 6.76. The summed E-state index contributed by atoms with van der Waals surface area (Å²) in [4.78, 5) is 0.313. The summed E-state index contributed by atoms with van der Waals surface area (Å²) in [7, 11) is -3.47. The summed E-state index contributed by atoms with van der Waals surface area (Å²) < 4.78 is 32.2. The molecular formula is C16H19NO3S. The Morgan fingerprint density at radius 1 is 1.00 bits per heavy atom. The standard InChI is InChI=1S/C16H19NO3S/c1-14-7-5-6-10-16(14)21(18,19)17-11-12-20-13-15-8-3-2-4-9-15/h2-10,17H,11-13H2,1H3. The van der Waals surface area contributed by atoms with E-state index in [4.69, 9.17) is 4.74 Å². The van der Waals surface area contributed by atoms with Crippen molar-refractivity contribution in [2.45, 2.75) is 18.4 Å². The summed E-state index contributed by atoms with van der Waals surface area (Å²) in [5, 5.41) is 0. The molecule has 112 valence electrons. The van der Waals surface area contributed by atoms with E-state index in [0.29, 0.717) is 18.1 Å². The van der Waals surface area contributed by atoms with Crippen LogP contribution in [0.5, 0.6) is 0 Å². The van der Waals surface area contributed by atoms with Gasteiger partial charge in [0.15, 0.2) is 0 Å². The van der Waals surface area contributed by atoms with Crippen LogP contribution in [0.4, 0.5) is 0 Å². The molecule has 0 aliphatic carbocycles. The number of rotatable bonds is 7. The average Bonchev–Trinajstić information content (AvgIpc) is 2.48. The molecule has 0 unspecified atom stereocenters. The molecule has 0 aromatic heterocycles. The van der Waals surface area contributed by atoms with Crippen molar-refractivity contribution in [3.8, 4) is 0 Å². The van der Waals surface area contributed by atoms with Gasteiger partial charge in [-0.2, -0.15) is 0 Å². The van der Waals surface area contributed by atoms with E-state index in [0.717, 1.165) is 11.1 Å². The lowest BCUT2D eigenvalue weighted by Gasteiger charge is -2.09. The van der Waals surface area contributed by atoms with E-state index in [1.54, 1.807) is 25.1 Å². The molecule has 0 bridgehead atoms. The monoisotopic (exact) mass is 305 g/mol. The molecule has 0 heterocycles. The summed E-state index contributed by atoms with van der Waals surface area (Å²) in [6.07, 6.45) is 0. The minimum absolute atomic E-state index is 0.253. The molecule has 0 fully saturated rings. The highest BCUT2D eigenvalue weighted by Crippen LogP contribution is 2.13. The smallest absolute Gasteiger partial charge is 0.240 e. The zero-order valence-electron chi connectivity index (χ0n) is 12.0. The first-order chi connectivity index (χ1) is 10.1. The molecule has 2 rings (SSSR count). The van der Waals surface area contributed by atoms with Crippen LogP contribution < -0.4 is 4.72 Å². The lowest BCUT2D eigenvalue weighted by atomic mass is 10.2. The Kier molecular flexibility index (Phi) is 5.50. The predicted molar refractivity (Wildman–Crippen MR) is 82.5 cm³/mol. The lowest BCUT2D eigenvalue weighted by Crippen LogP contribution is -2.28. The molecule has 21 heavy (non-hydrogen) atoms. The van der Waals surface area contributed by atoms with Gasteiger partial charge in [0.2, 0.25) is 10.0 Å². The second-order valence-electron chi connectivity index (χ2n) is 4.70. The fourth-order valence-corrected chi connectivity index (χ4v) is 3.21. The van der Waals surface area contributed by atoms with E-state index >= 15 is 0 Å². The van der Waals surface area contributed by atoms with Crippen LogP contribution in [0.15, 0.2) is 59.5 Å². The number of sulfonamides is 1. The number of hydrogen-bond donors (Lipinski definition) is 1. The van der Waals surface area contributed by atoms with Crippen molar-refractivity contribution in [3.05, 3.63) is 65.7 Å². The second-order valence-corrected chi connectivity index (χ2v) is 6.44. The van der Waals surface area contributed by atoms with E-state index in [1.807, 2.05) is 36.4 Å². The molecule has 5 heteroatoms. The Morgan fingerprint density at radius 2 is 1.67 bits per heavy atom. The van der Waals surface area contributed by atoms with Crippen molar-refractivity contribution < 1.29 is 13.2 Å². The van der Waals surface area contributed by atoms with Crippen LogP contribution in [0.3, 0.4) is 0 Å². The zero-order chi connectivity index (χ0) is 15.1. The highest BCUT2D eigenvalue weighted by Gasteiger charge is 2.15. The van der Waals surface area contributed by atoms with Gasteiger partial charge >= 0.3 is 0 Å². The summed E-state index contributed by atoms with van der Waals surface area (Å²) in [6.45, 7) is 2.84. The molecular weight excluding hydrogens is 286 g/mol. The fourth-order valence-electron chi connectivity index (χ4n) is 1.95. The molecule has 0 spiro atoms. The summed E-state index contributed by atoms with van der Waals surface area (Å²) >= 11 is 0. The second kappa shape index (κ2) is 7.36. The van der Waals surface area contributed by atoms with Crippen LogP contribution in [0.1, 0.15) is 11.1 Å². The van der Waals surface area contributed by atoms with Crippen LogP contribution in [-0.4, -0.2) is 21.6 Å². The topological polar surface area (TPSA) is 55.4 Å². The largest absolute Gasteiger partial charge is 0.375 e. The molecule has 0 saturated heterocycles. The van der Waals surface area contributed by atoms with Gasteiger partial charge in [0.1, 0.15) is 0 Å². The van der Waals surface area contributed by atoms with Gasteiger partial charge in [-0.05, 0) is 24.1 Å². The molecule has 2 aromatic rings. The number of aryl methyl sites for hydroxylation is 1. The van der Waals surface area contributed by atoms with E-state index < -0.39 is 10.0 Å². The predicted octanol–water partition coefficient (Wildman–Crippen LogP) is 2.49. The Hall–Kier alpha value is -1.69. The van der Waals surface area contributed by atoms with Gasteiger partial charge < -0.3 is 4.74 Å². The number of benzene rings is 2. The minimum Gasteiger partial charge on any atom is -0.375 e. The first-order valence-corrected chi connectivity index (χ1v) is 8.25. The van der Waals surface area contributed by atoms with Crippen molar-refractivity contribution in [3.63, 3.8) is 0 Å².